The van der Waals surface area contributed by atoms with Crippen LogP contribution in [0.4, 0.5) is 0 Å². The van der Waals surface area contributed by atoms with Gasteiger partial charge in [0.15, 0.2) is 5.78 Å². The number of hydrogen-bond donors (Lipinski definition) is 0. The van der Waals surface area contributed by atoms with Gasteiger partial charge >= 0.3 is 0 Å². The predicted molar refractivity (Wildman–Crippen MR) is 76.0 cm³/mol. The van der Waals surface area contributed by atoms with Crippen LogP contribution in [-0.2, 0) is 4.79 Å². The summed E-state index contributed by atoms with van der Waals surface area (Å²) in [6.45, 7) is 8.15. The van der Waals surface area contributed by atoms with Crippen molar-refractivity contribution >= 4 is 16.8 Å². The first-order valence-electron chi connectivity index (χ1n) is 6.40. The third-order valence-corrected chi connectivity index (χ3v) is 3.80. The van der Waals surface area contributed by atoms with Crippen molar-refractivity contribution in [2.75, 3.05) is 0 Å². The van der Waals surface area contributed by atoms with E-state index in [0.29, 0.717) is 5.57 Å². The molecule has 3 rings (SSSR count). The second kappa shape index (κ2) is 3.95. The first kappa shape index (κ1) is 12.0. The highest BCUT2D eigenvalue weighted by Gasteiger charge is 2.38. The zero-order valence-corrected chi connectivity index (χ0v) is 11.1. The molecule has 1 atom stereocenters. The van der Waals surface area contributed by atoms with Gasteiger partial charge in [0.2, 0.25) is 0 Å². The van der Waals surface area contributed by atoms with Crippen molar-refractivity contribution in [3.05, 3.63) is 60.4 Å². The van der Waals surface area contributed by atoms with Crippen LogP contribution in [0.5, 0.6) is 0 Å². The van der Waals surface area contributed by atoms with Crippen molar-refractivity contribution in [3.63, 3.8) is 0 Å². The molecule has 0 aliphatic heterocycles. The summed E-state index contributed by atoms with van der Waals surface area (Å²) < 4.78 is 5.91. The molecule has 1 aliphatic carbocycles. The normalized spacial score (nSPS) is 22.1. The van der Waals surface area contributed by atoms with Gasteiger partial charge in [-0.15, -0.1) is 0 Å². The number of hydrogen-bond acceptors (Lipinski definition) is 2. The molecule has 1 unspecified atom stereocenters. The maximum Gasteiger partial charge on any atom is 0.181 e. The Hall–Kier alpha value is -2.09. The third kappa shape index (κ3) is 1.84. The Kier molecular flexibility index (Phi) is 2.49. The van der Waals surface area contributed by atoms with Crippen LogP contribution in [0.2, 0.25) is 0 Å². The van der Waals surface area contributed by atoms with E-state index in [-0.39, 0.29) is 17.1 Å². The van der Waals surface area contributed by atoms with Gasteiger partial charge in [-0.2, -0.15) is 0 Å². The number of allylic oxidation sites excluding steroid dienone is 3. The van der Waals surface area contributed by atoms with Crippen molar-refractivity contribution in [1.29, 1.82) is 0 Å². The summed E-state index contributed by atoms with van der Waals surface area (Å²) in [7, 11) is 0. The van der Waals surface area contributed by atoms with Crippen LogP contribution >= 0.6 is 0 Å². The van der Waals surface area contributed by atoms with E-state index < -0.39 is 0 Å². The smallest absolute Gasteiger partial charge is 0.181 e. The van der Waals surface area contributed by atoms with Crippen LogP contribution in [0, 0.1) is 5.41 Å². The Morgan fingerprint density at radius 3 is 2.74 bits per heavy atom. The molecule has 0 N–H and O–H groups in total. The lowest BCUT2D eigenvalue weighted by molar-refractivity contribution is -0.112. The summed E-state index contributed by atoms with van der Waals surface area (Å²) in [5, 5.41) is 1.06. The highest BCUT2D eigenvalue weighted by atomic mass is 16.3. The summed E-state index contributed by atoms with van der Waals surface area (Å²) in [5.74, 6) is 0.705. The van der Waals surface area contributed by atoms with Gasteiger partial charge in [0.1, 0.15) is 11.3 Å². The second-order valence-electron chi connectivity index (χ2n) is 5.66. The van der Waals surface area contributed by atoms with Crippen LogP contribution in [0.15, 0.2) is 59.1 Å². The minimum atomic E-state index is -0.168. The maximum atomic E-state index is 11.9. The van der Waals surface area contributed by atoms with Crippen LogP contribution < -0.4 is 0 Å². The van der Waals surface area contributed by atoms with Crippen molar-refractivity contribution in [1.82, 2.24) is 0 Å². The lowest BCUT2D eigenvalue weighted by Crippen LogP contribution is -2.28. The van der Waals surface area contributed by atoms with Crippen LogP contribution in [-0.4, -0.2) is 5.78 Å². The van der Waals surface area contributed by atoms with Gasteiger partial charge < -0.3 is 4.42 Å². The topological polar surface area (TPSA) is 30.2 Å². The predicted octanol–water partition coefficient (Wildman–Crippen LogP) is 4.24. The number of carbonyl (C=O) groups is 1. The van der Waals surface area contributed by atoms with Gasteiger partial charge in [-0.3, -0.25) is 4.79 Å². The van der Waals surface area contributed by atoms with E-state index in [1.54, 1.807) is 6.08 Å². The summed E-state index contributed by atoms with van der Waals surface area (Å²) in [6, 6.07) is 9.89. The maximum absolute atomic E-state index is 11.9. The van der Waals surface area contributed by atoms with Gasteiger partial charge in [0.05, 0.1) is 5.92 Å². The lowest BCUT2D eigenvalue weighted by atomic mass is 9.69. The molecule has 2 heteroatoms. The number of para-hydroxylation sites is 1. The number of ketones is 1. The summed E-state index contributed by atoms with van der Waals surface area (Å²) in [5.41, 5.74) is 1.29. The number of benzene rings is 1. The van der Waals surface area contributed by atoms with E-state index in [9.17, 15) is 4.79 Å². The minimum absolute atomic E-state index is 0.00946. The van der Waals surface area contributed by atoms with Crippen molar-refractivity contribution in [2.24, 2.45) is 5.41 Å². The number of rotatable bonds is 1. The molecule has 0 radical (unpaired) electrons. The molecular formula is C17H16O2. The molecule has 2 aromatic rings. The molecule has 1 aromatic heterocycles. The first-order chi connectivity index (χ1) is 8.99. The van der Waals surface area contributed by atoms with E-state index in [2.05, 4.69) is 20.4 Å². The van der Waals surface area contributed by atoms with E-state index in [0.717, 1.165) is 16.7 Å². The Balaban J connectivity index is 2.16. The quantitative estimate of drug-likeness (QED) is 0.711. The second-order valence-corrected chi connectivity index (χ2v) is 5.66. The molecular weight excluding hydrogens is 236 g/mol. The number of fused-ring (bicyclic) bond motifs is 1. The third-order valence-electron chi connectivity index (χ3n) is 3.80. The lowest BCUT2D eigenvalue weighted by Gasteiger charge is -2.33. The van der Waals surface area contributed by atoms with E-state index in [4.69, 9.17) is 4.42 Å². The molecule has 19 heavy (non-hydrogen) atoms. The summed E-state index contributed by atoms with van der Waals surface area (Å²) >= 11 is 0. The average molecular weight is 252 g/mol. The molecule has 0 saturated heterocycles. The van der Waals surface area contributed by atoms with E-state index in [1.165, 1.54) is 0 Å². The standard InChI is InChI=1S/C17H16O2/c1-11-13(18)8-9-17(2,3)16(11)15-10-12-6-4-5-7-14(12)19-15/h4-10,16H,1H2,2-3H3. The minimum Gasteiger partial charge on any atom is -0.460 e. The van der Waals surface area contributed by atoms with E-state index >= 15 is 0 Å². The average Bonchev–Trinajstić information content (AvgIpc) is 2.77. The van der Waals surface area contributed by atoms with E-state index in [1.807, 2.05) is 36.4 Å². The fraction of sp³-hybridized carbons (Fsp3) is 0.235. The zero-order valence-electron chi connectivity index (χ0n) is 11.1. The molecule has 0 spiro atoms. The first-order valence-corrected chi connectivity index (χ1v) is 6.40. The molecule has 1 aromatic carbocycles. The van der Waals surface area contributed by atoms with Crippen molar-refractivity contribution in [2.45, 2.75) is 19.8 Å². The van der Waals surface area contributed by atoms with Gasteiger partial charge in [-0.25, -0.2) is 0 Å². The largest absolute Gasteiger partial charge is 0.460 e. The summed E-state index contributed by atoms with van der Waals surface area (Å²) in [6.07, 6.45) is 3.56. The number of furan rings is 1. The highest BCUT2D eigenvalue weighted by Crippen LogP contribution is 2.45. The Morgan fingerprint density at radius 2 is 2.00 bits per heavy atom. The molecule has 0 amide bonds. The van der Waals surface area contributed by atoms with Crippen molar-refractivity contribution in [3.8, 4) is 0 Å². The fourth-order valence-corrected chi connectivity index (χ4v) is 2.77. The molecule has 96 valence electrons. The zero-order chi connectivity index (χ0) is 13.6. The molecule has 1 heterocycles. The molecule has 0 fully saturated rings. The Labute approximate surface area is 112 Å². The van der Waals surface area contributed by atoms with Gasteiger partial charge in [0, 0.05) is 11.0 Å². The van der Waals surface area contributed by atoms with Gasteiger partial charge in [-0.05, 0) is 23.6 Å². The van der Waals surface area contributed by atoms with Crippen LogP contribution in [0.25, 0.3) is 11.0 Å². The van der Waals surface area contributed by atoms with Crippen LogP contribution in [0.3, 0.4) is 0 Å². The van der Waals surface area contributed by atoms with Crippen LogP contribution in [0.1, 0.15) is 25.5 Å². The molecule has 0 saturated carbocycles. The molecule has 2 nitrogen and oxygen atoms in total. The molecule has 0 bridgehead atoms. The Bertz CT molecular complexity index is 668. The SMILES string of the molecule is C=C1C(=O)C=CC(C)(C)C1c1cc2ccccc2o1. The highest BCUT2D eigenvalue weighted by molar-refractivity contribution is 6.06. The fourth-order valence-electron chi connectivity index (χ4n) is 2.77. The summed E-state index contributed by atoms with van der Waals surface area (Å²) in [4.78, 5) is 11.9. The number of carbonyl (C=O) groups excluding carboxylic acids is 1. The van der Waals surface area contributed by atoms with Crippen molar-refractivity contribution < 1.29 is 9.21 Å². The Morgan fingerprint density at radius 1 is 1.26 bits per heavy atom. The van der Waals surface area contributed by atoms with Gasteiger partial charge in [-0.1, -0.05) is 44.7 Å². The monoisotopic (exact) mass is 252 g/mol. The molecule has 1 aliphatic rings. The van der Waals surface area contributed by atoms with Gasteiger partial charge in [0.25, 0.3) is 0 Å².